The number of hydrogen-bond donors (Lipinski definition) is 1. The molecule has 1 aliphatic rings. The van der Waals surface area contributed by atoms with E-state index in [9.17, 15) is 18.8 Å². The summed E-state index contributed by atoms with van der Waals surface area (Å²) in [5, 5.41) is 3.01. The summed E-state index contributed by atoms with van der Waals surface area (Å²) in [5.74, 6) is -2.46. The molecular weight excluding hydrogens is 602 g/mol. The van der Waals surface area contributed by atoms with Gasteiger partial charge in [-0.15, -0.1) is 0 Å². The maximum Gasteiger partial charge on any atom is 0.348 e. The Morgan fingerprint density at radius 2 is 1.77 bits per heavy atom. The lowest BCUT2D eigenvalue weighted by Crippen LogP contribution is -2.49. The van der Waals surface area contributed by atoms with Crippen molar-refractivity contribution in [3.63, 3.8) is 0 Å². The van der Waals surface area contributed by atoms with Crippen LogP contribution in [0.4, 0.5) is 8.78 Å². The molecule has 1 N–H and O–H groups in total. The molecule has 1 amide bonds. The number of carbonyl (C=O) groups is 2. The largest absolute Gasteiger partial charge is 0.466 e. The van der Waals surface area contributed by atoms with Gasteiger partial charge in [-0.2, -0.15) is 0 Å². The van der Waals surface area contributed by atoms with E-state index in [0.717, 1.165) is 27.8 Å². The third-order valence-corrected chi connectivity index (χ3v) is 8.95. The normalized spacial score (nSPS) is 15.6. The molecule has 0 spiro atoms. The van der Waals surface area contributed by atoms with Crippen molar-refractivity contribution in [2.45, 2.75) is 86.0 Å². The molecule has 1 fully saturated rings. The number of aromatic nitrogens is 2. The fraction of sp³-hybridized carbons (Fsp3) is 0.514. The van der Waals surface area contributed by atoms with E-state index in [1.54, 1.807) is 39.1 Å². The van der Waals surface area contributed by atoms with E-state index in [2.05, 4.69) is 10.3 Å². The molecule has 2 aromatic carbocycles. The van der Waals surface area contributed by atoms with Crippen molar-refractivity contribution < 1.29 is 23.1 Å². The van der Waals surface area contributed by atoms with Gasteiger partial charge in [0.1, 0.15) is 18.0 Å². The Kier molecular flexibility index (Phi) is 12.1. The number of amides is 1. The molecule has 1 saturated heterocycles. The molecule has 1 unspecified atom stereocenters. The van der Waals surface area contributed by atoms with E-state index >= 15 is 4.39 Å². The summed E-state index contributed by atoms with van der Waals surface area (Å²) < 4.78 is 36.3. The minimum absolute atomic E-state index is 0.0145. The Morgan fingerprint density at radius 3 is 2.36 bits per heavy atom. The Hall–Kier alpha value is -3.92. The zero-order chi connectivity index (χ0) is 34.4. The highest BCUT2D eigenvalue weighted by atomic mass is 19.1. The highest BCUT2D eigenvalue weighted by molar-refractivity contribution is 5.83. The van der Waals surface area contributed by atoms with Gasteiger partial charge >= 0.3 is 11.7 Å². The summed E-state index contributed by atoms with van der Waals surface area (Å²) in [6.45, 7) is 14.6. The number of esters is 1. The summed E-state index contributed by atoms with van der Waals surface area (Å²) in [6, 6.07) is 7.40. The molecule has 8 nitrogen and oxygen atoms in total. The molecule has 0 aliphatic carbocycles. The van der Waals surface area contributed by atoms with Crippen LogP contribution >= 0.6 is 0 Å². The Balaban J connectivity index is 1.77. The standard InChI is InChI=1S/C37H48F2N4O4/c1-8-29(36(45)47-9-2)34(30-17-27(16-25(7)33(30)39)32-23(5)11-10-12-24(32)6)41-35(44)31(15-22(3)4)43-19-26(18-40-37(43)46)13-14-42-20-28(38)21-42/h10-12,16-19,22,28-29,31,34H,8-9,13-15,20-21H2,1-7H3,(H,41,44)/t29-,31-,34?/m0/s1. The summed E-state index contributed by atoms with van der Waals surface area (Å²) in [5.41, 5.74) is 4.48. The maximum atomic E-state index is 16.2. The van der Waals surface area contributed by atoms with Gasteiger partial charge < -0.3 is 10.1 Å². The van der Waals surface area contributed by atoms with Crippen molar-refractivity contribution in [1.82, 2.24) is 19.8 Å². The smallest absolute Gasteiger partial charge is 0.348 e. The molecule has 1 aliphatic heterocycles. The first-order chi connectivity index (χ1) is 22.3. The minimum Gasteiger partial charge on any atom is -0.466 e. The van der Waals surface area contributed by atoms with Gasteiger partial charge in [-0.25, -0.2) is 18.6 Å². The summed E-state index contributed by atoms with van der Waals surface area (Å²) in [7, 11) is 0. The Morgan fingerprint density at radius 1 is 1.09 bits per heavy atom. The monoisotopic (exact) mass is 650 g/mol. The lowest BCUT2D eigenvalue weighted by molar-refractivity contribution is -0.149. The highest BCUT2D eigenvalue weighted by Gasteiger charge is 2.36. The van der Waals surface area contributed by atoms with Gasteiger partial charge in [0.25, 0.3) is 0 Å². The third-order valence-electron chi connectivity index (χ3n) is 8.95. The minimum atomic E-state index is -1.07. The number of carbonyl (C=O) groups excluding carboxylic acids is 2. The van der Waals surface area contributed by atoms with Crippen molar-refractivity contribution in [1.29, 1.82) is 0 Å². The number of rotatable bonds is 14. The SMILES string of the molecule is CCOC(=O)[C@@H](CC)C(NC(=O)[C@H](CC(C)C)n1cc(CCN2CC(F)C2)cnc1=O)c1cc(-c2c(C)cccc2C)cc(C)c1F. The van der Waals surface area contributed by atoms with E-state index in [1.807, 2.05) is 50.8 Å². The molecule has 3 aromatic rings. The first-order valence-corrected chi connectivity index (χ1v) is 16.6. The van der Waals surface area contributed by atoms with Crippen molar-refractivity contribution in [2.75, 3.05) is 26.2 Å². The predicted molar refractivity (Wildman–Crippen MR) is 179 cm³/mol. The van der Waals surface area contributed by atoms with Crippen LogP contribution in [-0.4, -0.2) is 58.7 Å². The number of nitrogens with zero attached hydrogens (tertiary/aromatic N) is 3. The number of benzene rings is 2. The maximum absolute atomic E-state index is 16.2. The van der Waals surface area contributed by atoms with Crippen LogP contribution in [0, 0.1) is 38.4 Å². The fourth-order valence-electron chi connectivity index (χ4n) is 6.46. The van der Waals surface area contributed by atoms with Gasteiger partial charge in [0.05, 0.1) is 18.6 Å². The van der Waals surface area contributed by atoms with Crippen LogP contribution in [0.5, 0.6) is 0 Å². The van der Waals surface area contributed by atoms with Crippen LogP contribution < -0.4 is 11.0 Å². The summed E-state index contributed by atoms with van der Waals surface area (Å²) in [4.78, 5) is 46.8. The third kappa shape index (κ3) is 8.52. The molecule has 0 saturated carbocycles. The van der Waals surface area contributed by atoms with Crippen LogP contribution in [0.3, 0.4) is 0 Å². The van der Waals surface area contributed by atoms with Gasteiger partial charge in [-0.3, -0.25) is 19.1 Å². The van der Waals surface area contributed by atoms with Crippen LogP contribution in [0.1, 0.15) is 80.4 Å². The van der Waals surface area contributed by atoms with Gasteiger partial charge in [0, 0.05) is 37.6 Å². The second kappa shape index (κ2) is 15.8. The van der Waals surface area contributed by atoms with Crippen LogP contribution in [0.25, 0.3) is 11.1 Å². The quantitative estimate of drug-likeness (QED) is 0.209. The molecule has 2 heterocycles. The van der Waals surface area contributed by atoms with Crippen molar-refractivity contribution in [3.8, 4) is 11.1 Å². The van der Waals surface area contributed by atoms with Crippen LogP contribution in [0.2, 0.25) is 0 Å². The average Bonchev–Trinajstić information content (AvgIpc) is 2.99. The van der Waals surface area contributed by atoms with Crippen molar-refractivity contribution >= 4 is 11.9 Å². The molecule has 3 atom stereocenters. The van der Waals surface area contributed by atoms with E-state index < -0.39 is 47.6 Å². The highest BCUT2D eigenvalue weighted by Crippen LogP contribution is 2.36. The van der Waals surface area contributed by atoms with Crippen LogP contribution in [0.15, 0.2) is 47.5 Å². The second-order valence-electron chi connectivity index (χ2n) is 13.1. The molecule has 10 heteroatoms. The van der Waals surface area contributed by atoms with E-state index in [1.165, 1.54) is 10.8 Å². The summed E-state index contributed by atoms with van der Waals surface area (Å²) in [6.07, 6.45) is 3.43. The Labute approximate surface area is 276 Å². The number of alkyl halides is 1. The lowest BCUT2D eigenvalue weighted by Gasteiger charge is -2.34. The number of hydrogen-bond acceptors (Lipinski definition) is 6. The first kappa shape index (κ1) is 35.9. The van der Waals surface area contributed by atoms with Crippen molar-refractivity contribution in [2.24, 2.45) is 11.8 Å². The second-order valence-corrected chi connectivity index (χ2v) is 13.1. The molecule has 47 heavy (non-hydrogen) atoms. The fourth-order valence-corrected chi connectivity index (χ4v) is 6.46. The molecule has 1 aromatic heterocycles. The molecule has 0 radical (unpaired) electrons. The zero-order valence-electron chi connectivity index (χ0n) is 28.6. The predicted octanol–water partition coefficient (Wildman–Crippen LogP) is 6.20. The Bertz CT molecular complexity index is 1610. The summed E-state index contributed by atoms with van der Waals surface area (Å²) >= 11 is 0. The number of halogens is 2. The topological polar surface area (TPSA) is 93.5 Å². The van der Waals surface area contributed by atoms with Gasteiger partial charge in [-0.1, -0.05) is 39.0 Å². The van der Waals surface area contributed by atoms with Gasteiger partial charge in [-0.05, 0) is 98.4 Å². The lowest BCUT2D eigenvalue weighted by atomic mass is 9.86. The number of nitrogens with one attached hydrogen (secondary N) is 1. The van der Waals surface area contributed by atoms with Gasteiger partial charge in [0.2, 0.25) is 5.91 Å². The van der Waals surface area contributed by atoms with Gasteiger partial charge in [0.15, 0.2) is 0 Å². The van der Waals surface area contributed by atoms with E-state index in [4.69, 9.17) is 4.74 Å². The molecule has 4 rings (SSSR count). The molecule has 0 bridgehead atoms. The molecule has 254 valence electrons. The average molecular weight is 651 g/mol. The number of ether oxygens (including phenoxy) is 1. The van der Waals surface area contributed by atoms with E-state index in [-0.39, 0.29) is 24.5 Å². The van der Waals surface area contributed by atoms with E-state index in [0.29, 0.717) is 38.0 Å². The zero-order valence-corrected chi connectivity index (χ0v) is 28.6. The van der Waals surface area contributed by atoms with Crippen LogP contribution in [-0.2, 0) is 20.7 Å². The van der Waals surface area contributed by atoms with Crippen molar-refractivity contribution in [3.05, 3.63) is 86.8 Å². The first-order valence-electron chi connectivity index (χ1n) is 16.6. The number of aryl methyl sites for hydroxylation is 3. The number of likely N-dealkylation sites (tertiary alicyclic amines) is 1. The molecular formula is C37H48F2N4O4.